The second-order valence-corrected chi connectivity index (χ2v) is 3.94. The standard InChI is InChI=1S/C13H13ClO4/c1-9(15)17-13(18-10(2)16)7-6-11-4-3-5-12(14)8-11/h3-8,13H,1-2H3/b7-6+. The maximum atomic E-state index is 10.8. The molecule has 0 aromatic heterocycles. The molecule has 1 aromatic carbocycles. The average molecular weight is 269 g/mol. The van der Waals surface area contributed by atoms with Gasteiger partial charge in [-0.3, -0.25) is 9.59 Å². The fourth-order valence-corrected chi connectivity index (χ4v) is 1.43. The summed E-state index contributed by atoms with van der Waals surface area (Å²) < 4.78 is 9.62. The minimum Gasteiger partial charge on any atom is -0.421 e. The first kappa shape index (κ1) is 14.3. The van der Waals surface area contributed by atoms with E-state index in [4.69, 9.17) is 21.1 Å². The van der Waals surface area contributed by atoms with Crippen molar-refractivity contribution in [3.8, 4) is 0 Å². The van der Waals surface area contributed by atoms with Crippen molar-refractivity contribution in [3.05, 3.63) is 40.9 Å². The number of hydrogen-bond acceptors (Lipinski definition) is 4. The lowest BCUT2D eigenvalue weighted by Gasteiger charge is -2.12. The smallest absolute Gasteiger partial charge is 0.305 e. The molecule has 0 fully saturated rings. The third-order valence-electron chi connectivity index (χ3n) is 1.86. The third-order valence-corrected chi connectivity index (χ3v) is 2.09. The minimum absolute atomic E-state index is 0.531. The monoisotopic (exact) mass is 268 g/mol. The predicted octanol–water partition coefficient (Wildman–Crippen LogP) is 2.81. The first-order valence-electron chi connectivity index (χ1n) is 5.25. The number of halogens is 1. The molecular weight excluding hydrogens is 256 g/mol. The molecule has 0 saturated heterocycles. The van der Waals surface area contributed by atoms with Crippen LogP contribution >= 0.6 is 11.6 Å². The number of hydrogen-bond donors (Lipinski definition) is 0. The van der Waals surface area contributed by atoms with Crippen molar-refractivity contribution in [2.45, 2.75) is 20.1 Å². The molecule has 1 aromatic rings. The van der Waals surface area contributed by atoms with E-state index < -0.39 is 18.2 Å². The highest BCUT2D eigenvalue weighted by Crippen LogP contribution is 2.12. The van der Waals surface area contributed by atoms with Crippen LogP contribution in [0.25, 0.3) is 6.08 Å². The third kappa shape index (κ3) is 5.50. The molecule has 0 N–H and O–H groups in total. The van der Waals surface area contributed by atoms with Crippen molar-refractivity contribution in [2.24, 2.45) is 0 Å². The molecule has 1 rings (SSSR count). The molecule has 0 aliphatic heterocycles. The average Bonchev–Trinajstić information content (AvgIpc) is 2.24. The van der Waals surface area contributed by atoms with E-state index in [1.807, 2.05) is 6.07 Å². The Bertz CT molecular complexity index is 452. The Labute approximate surface area is 110 Å². The van der Waals surface area contributed by atoms with E-state index in [0.29, 0.717) is 5.02 Å². The predicted molar refractivity (Wildman–Crippen MR) is 67.8 cm³/mol. The molecule has 5 heteroatoms. The van der Waals surface area contributed by atoms with Crippen LogP contribution in [0, 0.1) is 0 Å². The summed E-state index contributed by atoms with van der Waals surface area (Å²) in [5.41, 5.74) is 0.812. The van der Waals surface area contributed by atoms with E-state index in [1.165, 1.54) is 19.9 Å². The Kier molecular flexibility index (Phi) is 5.39. The fraction of sp³-hybridized carbons (Fsp3) is 0.231. The van der Waals surface area contributed by atoms with Crippen LogP contribution in [0.5, 0.6) is 0 Å². The number of carbonyl (C=O) groups excluding carboxylic acids is 2. The number of esters is 2. The zero-order valence-corrected chi connectivity index (χ0v) is 10.8. The van der Waals surface area contributed by atoms with Crippen molar-refractivity contribution < 1.29 is 19.1 Å². The highest BCUT2D eigenvalue weighted by atomic mass is 35.5. The molecule has 4 nitrogen and oxygen atoms in total. The maximum Gasteiger partial charge on any atom is 0.305 e. The quantitative estimate of drug-likeness (QED) is 0.622. The van der Waals surface area contributed by atoms with Gasteiger partial charge >= 0.3 is 11.9 Å². The second-order valence-electron chi connectivity index (χ2n) is 3.50. The molecule has 0 amide bonds. The number of ether oxygens (including phenoxy) is 2. The normalized spacial score (nSPS) is 10.7. The molecule has 0 radical (unpaired) electrons. The Morgan fingerprint density at radius 2 is 1.83 bits per heavy atom. The first-order valence-corrected chi connectivity index (χ1v) is 5.63. The van der Waals surface area contributed by atoms with Crippen LogP contribution in [-0.4, -0.2) is 18.2 Å². The van der Waals surface area contributed by atoms with Gasteiger partial charge in [-0.2, -0.15) is 0 Å². The van der Waals surface area contributed by atoms with E-state index in [-0.39, 0.29) is 0 Å². The van der Waals surface area contributed by atoms with Gasteiger partial charge in [-0.1, -0.05) is 29.8 Å². The Morgan fingerprint density at radius 1 is 1.22 bits per heavy atom. The van der Waals surface area contributed by atoms with E-state index in [9.17, 15) is 9.59 Å². The van der Waals surface area contributed by atoms with Crippen LogP contribution in [0.4, 0.5) is 0 Å². The van der Waals surface area contributed by atoms with E-state index >= 15 is 0 Å². The Morgan fingerprint density at radius 3 is 2.33 bits per heavy atom. The molecule has 0 saturated carbocycles. The van der Waals surface area contributed by atoms with Crippen LogP contribution < -0.4 is 0 Å². The Balaban J connectivity index is 2.75. The van der Waals surface area contributed by atoms with Gasteiger partial charge in [0.15, 0.2) is 0 Å². The molecule has 0 unspecified atom stereocenters. The molecule has 96 valence electrons. The summed E-state index contributed by atoms with van der Waals surface area (Å²) in [6.07, 6.45) is 2.09. The summed E-state index contributed by atoms with van der Waals surface area (Å²) in [5.74, 6) is -1.06. The number of benzene rings is 1. The summed E-state index contributed by atoms with van der Waals surface area (Å²) in [6, 6.07) is 7.08. The topological polar surface area (TPSA) is 52.6 Å². The minimum atomic E-state index is -1.03. The largest absolute Gasteiger partial charge is 0.421 e. The molecular formula is C13H13ClO4. The van der Waals surface area contributed by atoms with Gasteiger partial charge in [0, 0.05) is 18.9 Å². The van der Waals surface area contributed by atoms with Gasteiger partial charge in [0.05, 0.1) is 0 Å². The molecule has 0 aliphatic carbocycles. The molecule has 0 heterocycles. The van der Waals surface area contributed by atoms with Gasteiger partial charge in [0.1, 0.15) is 0 Å². The zero-order valence-electron chi connectivity index (χ0n) is 10.1. The van der Waals surface area contributed by atoms with Crippen LogP contribution in [0.15, 0.2) is 30.3 Å². The SMILES string of the molecule is CC(=O)OC(/C=C/c1cccc(Cl)c1)OC(C)=O. The highest BCUT2D eigenvalue weighted by Gasteiger charge is 2.10. The number of carbonyl (C=O) groups is 2. The van der Waals surface area contributed by atoms with E-state index in [2.05, 4.69) is 0 Å². The zero-order chi connectivity index (χ0) is 13.5. The van der Waals surface area contributed by atoms with Gasteiger partial charge in [0.25, 0.3) is 6.29 Å². The van der Waals surface area contributed by atoms with Gasteiger partial charge in [0.2, 0.25) is 0 Å². The molecule has 0 atom stereocenters. The van der Waals surface area contributed by atoms with Crippen molar-refractivity contribution in [1.29, 1.82) is 0 Å². The van der Waals surface area contributed by atoms with Crippen LogP contribution in [-0.2, 0) is 19.1 Å². The van der Waals surface area contributed by atoms with Crippen molar-refractivity contribution in [2.75, 3.05) is 0 Å². The molecule has 18 heavy (non-hydrogen) atoms. The lowest BCUT2D eigenvalue weighted by Crippen LogP contribution is -2.19. The number of rotatable bonds is 4. The van der Waals surface area contributed by atoms with Gasteiger partial charge in [-0.15, -0.1) is 0 Å². The van der Waals surface area contributed by atoms with Gasteiger partial charge < -0.3 is 9.47 Å². The lowest BCUT2D eigenvalue weighted by molar-refractivity contribution is -0.176. The van der Waals surface area contributed by atoms with Crippen molar-refractivity contribution in [3.63, 3.8) is 0 Å². The van der Waals surface area contributed by atoms with E-state index in [0.717, 1.165) is 5.56 Å². The second kappa shape index (κ2) is 6.81. The molecule has 0 spiro atoms. The van der Waals surface area contributed by atoms with Crippen LogP contribution in [0.3, 0.4) is 0 Å². The van der Waals surface area contributed by atoms with Crippen molar-refractivity contribution in [1.82, 2.24) is 0 Å². The maximum absolute atomic E-state index is 10.8. The summed E-state index contributed by atoms with van der Waals surface area (Å²) in [5, 5.41) is 0.591. The molecule has 0 aliphatic rings. The first-order chi connectivity index (χ1) is 8.47. The highest BCUT2D eigenvalue weighted by molar-refractivity contribution is 6.30. The van der Waals surface area contributed by atoms with Crippen LogP contribution in [0.1, 0.15) is 19.4 Å². The summed E-state index contributed by atoms with van der Waals surface area (Å²) in [4.78, 5) is 21.7. The van der Waals surface area contributed by atoms with Gasteiger partial charge in [-0.25, -0.2) is 0 Å². The van der Waals surface area contributed by atoms with Crippen LogP contribution in [0.2, 0.25) is 5.02 Å². The fourth-order valence-electron chi connectivity index (χ4n) is 1.23. The van der Waals surface area contributed by atoms with Crippen molar-refractivity contribution >= 4 is 29.6 Å². The summed E-state index contributed by atoms with van der Waals surface area (Å²) in [6.45, 7) is 2.48. The van der Waals surface area contributed by atoms with Gasteiger partial charge in [-0.05, 0) is 23.8 Å². The molecule has 0 bridgehead atoms. The van der Waals surface area contributed by atoms with E-state index in [1.54, 1.807) is 24.3 Å². The summed E-state index contributed by atoms with van der Waals surface area (Å²) >= 11 is 5.82. The lowest BCUT2D eigenvalue weighted by atomic mass is 10.2. The summed E-state index contributed by atoms with van der Waals surface area (Å²) in [7, 11) is 0. The Hall–Kier alpha value is -1.81.